The van der Waals surface area contributed by atoms with Gasteiger partial charge in [-0.15, -0.1) is 0 Å². The van der Waals surface area contributed by atoms with Crippen LogP contribution in [0.4, 0.5) is 5.69 Å². The van der Waals surface area contributed by atoms with Crippen molar-refractivity contribution in [2.24, 2.45) is 10.8 Å². The number of anilines is 1. The van der Waals surface area contributed by atoms with E-state index in [0.29, 0.717) is 37.2 Å². The van der Waals surface area contributed by atoms with E-state index in [-0.39, 0.29) is 29.7 Å². The Morgan fingerprint density at radius 1 is 1.34 bits per heavy atom. The van der Waals surface area contributed by atoms with Crippen LogP contribution in [-0.4, -0.2) is 57.4 Å². The van der Waals surface area contributed by atoms with Crippen LogP contribution in [0.3, 0.4) is 0 Å². The number of nitrogens with two attached hydrogens (primary N) is 1. The summed E-state index contributed by atoms with van der Waals surface area (Å²) in [7, 11) is 0. The molecular formula is C18H22N6O5. The summed E-state index contributed by atoms with van der Waals surface area (Å²) in [6.07, 6.45) is 2.30. The molecule has 1 fully saturated rings. The van der Waals surface area contributed by atoms with E-state index >= 15 is 0 Å². The van der Waals surface area contributed by atoms with Crippen molar-refractivity contribution in [2.45, 2.75) is 25.7 Å². The van der Waals surface area contributed by atoms with Gasteiger partial charge in [0.15, 0.2) is 0 Å². The number of aromatic carboxylic acids is 1. The summed E-state index contributed by atoms with van der Waals surface area (Å²) >= 11 is 0. The van der Waals surface area contributed by atoms with Crippen molar-refractivity contribution in [3.63, 3.8) is 0 Å². The van der Waals surface area contributed by atoms with Crippen molar-refractivity contribution in [1.82, 2.24) is 9.91 Å². The van der Waals surface area contributed by atoms with Gasteiger partial charge in [-0.2, -0.15) is 0 Å². The predicted molar refractivity (Wildman–Crippen MR) is 104 cm³/mol. The molecule has 0 aromatic heterocycles. The number of nitrogens with zero attached hydrogens (tertiary/aromatic N) is 4. The van der Waals surface area contributed by atoms with E-state index in [1.54, 1.807) is 17.0 Å². The Morgan fingerprint density at radius 2 is 2.07 bits per heavy atom. The molecule has 0 saturated carbocycles. The van der Waals surface area contributed by atoms with Gasteiger partial charge in [0.25, 0.3) is 5.70 Å². The third-order valence-electron chi connectivity index (χ3n) is 4.79. The molecule has 154 valence electrons. The fourth-order valence-electron chi connectivity index (χ4n) is 3.25. The van der Waals surface area contributed by atoms with Crippen LogP contribution >= 0.6 is 0 Å². The average Bonchev–Trinajstić information content (AvgIpc) is 3.09. The number of rotatable bonds is 7. The Hall–Kier alpha value is -3.47. The highest BCUT2D eigenvalue weighted by molar-refractivity contribution is 5.95. The van der Waals surface area contributed by atoms with Gasteiger partial charge in [-0.3, -0.25) is 19.9 Å². The number of amides is 1. The maximum Gasteiger partial charge on any atom is 0.335 e. The Kier molecular flexibility index (Phi) is 6.07. The summed E-state index contributed by atoms with van der Waals surface area (Å²) in [6.45, 7) is 1.14. The summed E-state index contributed by atoms with van der Waals surface area (Å²) < 4.78 is 0. The Bertz CT molecular complexity index is 879. The first-order chi connectivity index (χ1) is 13.8. The number of nitrogens with one attached hydrogen (secondary N) is 1. The molecule has 2 aliphatic rings. The fourth-order valence-corrected chi connectivity index (χ4v) is 3.25. The lowest BCUT2D eigenvalue weighted by Crippen LogP contribution is -2.46. The molecule has 0 atom stereocenters. The molecule has 3 rings (SSSR count). The topological polar surface area (TPSA) is 154 Å². The number of likely N-dealkylation sites (tertiary alicyclic amines) is 1. The van der Waals surface area contributed by atoms with Gasteiger partial charge in [0.1, 0.15) is 12.2 Å². The molecule has 1 amide bonds. The Morgan fingerprint density at radius 3 is 2.66 bits per heavy atom. The first-order valence-electron chi connectivity index (χ1n) is 9.20. The number of carboxylic acid groups (broad SMARTS) is 1. The number of hydrazine groups is 1. The average molecular weight is 402 g/mol. The molecule has 11 nitrogen and oxygen atoms in total. The number of aliphatic imine (C=N–C) groups is 1. The van der Waals surface area contributed by atoms with Crippen molar-refractivity contribution in [3.05, 3.63) is 51.3 Å². The smallest absolute Gasteiger partial charge is 0.335 e. The Balaban J connectivity index is 1.72. The number of carbonyl (C=O) groups excluding carboxylic acids is 1. The third-order valence-corrected chi connectivity index (χ3v) is 4.79. The zero-order chi connectivity index (χ0) is 21.0. The summed E-state index contributed by atoms with van der Waals surface area (Å²) in [4.78, 5) is 39.7. The van der Waals surface area contributed by atoms with Crippen molar-refractivity contribution < 1.29 is 19.6 Å². The summed E-state index contributed by atoms with van der Waals surface area (Å²) in [5.74, 6) is 5.20. The number of nitro groups is 1. The third kappa shape index (κ3) is 4.88. The Labute approximate surface area is 166 Å². The number of allylic oxidation sites excluding steroid dienone is 1. The van der Waals surface area contributed by atoms with Gasteiger partial charge >= 0.3 is 5.97 Å². The maximum absolute atomic E-state index is 11.7. The normalized spacial score (nSPS) is 16.9. The van der Waals surface area contributed by atoms with E-state index in [9.17, 15) is 19.7 Å². The summed E-state index contributed by atoms with van der Waals surface area (Å²) in [5, 5.41) is 24.5. The number of carboxylic acids is 1. The van der Waals surface area contributed by atoms with Crippen molar-refractivity contribution in [3.8, 4) is 0 Å². The molecule has 0 bridgehead atoms. The minimum Gasteiger partial charge on any atom is -0.478 e. The number of guanidine groups is 1. The minimum absolute atomic E-state index is 0.0768. The molecule has 1 aromatic rings. The van der Waals surface area contributed by atoms with E-state index in [4.69, 9.17) is 10.9 Å². The molecule has 0 radical (unpaired) electrons. The largest absolute Gasteiger partial charge is 0.478 e. The van der Waals surface area contributed by atoms with Crippen molar-refractivity contribution in [1.29, 1.82) is 0 Å². The number of benzene rings is 1. The molecule has 2 aliphatic heterocycles. The van der Waals surface area contributed by atoms with Crippen molar-refractivity contribution >= 4 is 23.5 Å². The molecule has 2 heterocycles. The van der Waals surface area contributed by atoms with Crippen LogP contribution in [0.15, 0.2) is 40.7 Å². The molecule has 0 unspecified atom stereocenters. The summed E-state index contributed by atoms with van der Waals surface area (Å²) in [5.41, 5.74) is 0.925. The maximum atomic E-state index is 11.7. The van der Waals surface area contributed by atoms with Gasteiger partial charge in [-0.05, 0) is 43.5 Å². The van der Waals surface area contributed by atoms with E-state index in [1.165, 1.54) is 12.1 Å². The highest BCUT2D eigenvalue weighted by atomic mass is 16.6. The second-order valence-corrected chi connectivity index (χ2v) is 6.81. The summed E-state index contributed by atoms with van der Waals surface area (Å²) in [6, 6.07) is 5.98. The van der Waals surface area contributed by atoms with E-state index in [0.717, 1.165) is 18.0 Å². The minimum atomic E-state index is -1.04. The fraction of sp³-hybridized carbons (Fsp3) is 0.389. The lowest BCUT2D eigenvalue weighted by atomic mass is 10.1. The number of hydrogen-bond acceptors (Lipinski definition) is 8. The van der Waals surface area contributed by atoms with Crippen LogP contribution < -0.4 is 11.2 Å². The molecule has 1 saturated heterocycles. The lowest BCUT2D eigenvalue weighted by Gasteiger charge is -2.25. The molecule has 0 spiro atoms. The number of hydrogen-bond donors (Lipinski definition) is 3. The van der Waals surface area contributed by atoms with Crippen LogP contribution in [0.5, 0.6) is 0 Å². The highest BCUT2D eigenvalue weighted by Crippen LogP contribution is 2.21. The van der Waals surface area contributed by atoms with Crippen LogP contribution in [0.1, 0.15) is 36.0 Å². The van der Waals surface area contributed by atoms with Crippen LogP contribution in [0.25, 0.3) is 0 Å². The molecule has 11 heteroatoms. The predicted octanol–water partition coefficient (Wildman–Crippen LogP) is 1.23. The van der Waals surface area contributed by atoms with E-state index in [2.05, 4.69) is 10.3 Å². The second-order valence-electron chi connectivity index (χ2n) is 6.81. The van der Waals surface area contributed by atoms with Gasteiger partial charge < -0.3 is 15.3 Å². The lowest BCUT2D eigenvalue weighted by molar-refractivity contribution is -0.429. The van der Waals surface area contributed by atoms with Gasteiger partial charge in [-0.1, -0.05) is 0 Å². The van der Waals surface area contributed by atoms with Gasteiger partial charge in [0, 0.05) is 25.2 Å². The first-order valence-corrected chi connectivity index (χ1v) is 9.20. The second kappa shape index (κ2) is 8.69. The quantitative estimate of drug-likeness (QED) is 0.349. The molecule has 1 aromatic carbocycles. The van der Waals surface area contributed by atoms with Crippen LogP contribution in [-0.2, 0) is 4.79 Å². The van der Waals surface area contributed by atoms with Crippen molar-refractivity contribution in [2.75, 3.05) is 25.0 Å². The molecular weight excluding hydrogens is 380 g/mol. The van der Waals surface area contributed by atoms with E-state index in [1.807, 2.05) is 0 Å². The monoisotopic (exact) mass is 402 g/mol. The zero-order valence-corrected chi connectivity index (χ0v) is 15.7. The first kappa shape index (κ1) is 20.3. The van der Waals surface area contributed by atoms with E-state index < -0.39 is 10.9 Å². The number of carbonyl (C=O) groups is 2. The SMILES string of the molecule is NN1CC([N+](=O)[O-])=C(CCCN2CCCC2=O)N=C1Nc1ccc(C(=O)O)cc1. The molecule has 4 N–H and O–H groups in total. The molecule has 0 aliphatic carbocycles. The standard InChI is InChI=1S/C18H22N6O5/c19-23-11-15(24(28)29)14(3-1-9-22-10-2-4-16(22)25)21-18(23)20-13-7-5-12(6-8-13)17(26)27/h5-8H,1-4,9-11,19H2,(H,20,21)(H,26,27). The van der Waals surface area contributed by atoms with Crippen LogP contribution in [0, 0.1) is 10.1 Å². The van der Waals surface area contributed by atoms with Crippen LogP contribution in [0.2, 0.25) is 0 Å². The zero-order valence-electron chi connectivity index (χ0n) is 15.7. The van der Waals surface area contributed by atoms with Gasteiger partial charge in [-0.25, -0.2) is 15.6 Å². The highest BCUT2D eigenvalue weighted by Gasteiger charge is 2.28. The van der Waals surface area contributed by atoms with Gasteiger partial charge in [0.2, 0.25) is 11.9 Å². The molecule has 29 heavy (non-hydrogen) atoms. The van der Waals surface area contributed by atoms with Gasteiger partial charge in [0.05, 0.1) is 10.5 Å².